The molecule has 3 atom stereocenters. The standard InChI is InChI=1S/C26H24Cl2N4O4/c27-19-2-1-3-20(23(19)28)31-15-5-6-16(31)13-30(12-15)11-14-4-7-17-18(10-14)26(36)32(25(17)35)21-8-9-22(33)29-24(21)34/h1-4,7,10,15-16,21H,5-6,8-9,11-13H2,(H,29,33,34). The highest BCUT2D eigenvalue weighted by Gasteiger charge is 2.45. The van der Waals surface area contributed by atoms with Crippen LogP contribution in [0.3, 0.4) is 0 Å². The fourth-order valence-corrected chi connectivity index (χ4v) is 6.47. The predicted molar refractivity (Wildman–Crippen MR) is 134 cm³/mol. The fraction of sp³-hybridized carbons (Fsp3) is 0.385. The number of hydrogen-bond acceptors (Lipinski definition) is 6. The molecule has 4 aliphatic heterocycles. The van der Waals surface area contributed by atoms with Crippen LogP contribution in [0.4, 0.5) is 5.69 Å². The van der Waals surface area contributed by atoms with Gasteiger partial charge in [0, 0.05) is 38.1 Å². The number of rotatable bonds is 4. The second-order valence-electron chi connectivity index (χ2n) is 9.89. The molecule has 2 bridgehead atoms. The van der Waals surface area contributed by atoms with Crippen molar-refractivity contribution in [3.05, 3.63) is 63.1 Å². The molecule has 4 amide bonds. The highest BCUT2D eigenvalue weighted by Crippen LogP contribution is 2.41. The van der Waals surface area contributed by atoms with Crippen molar-refractivity contribution in [2.75, 3.05) is 18.0 Å². The predicted octanol–water partition coefficient (Wildman–Crippen LogP) is 3.25. The smallest absolute Gasteiger partial charge is 0.262 e. The number of halogens is 2. The third kappa shape index (κ3) is 3.79. The Morgan fingerprint density at radius 3 is 2.33 bits per heavy atom. The Balaban J connectivity index is 1.18. The molecule has 36 heavy (non-hydrogen) atoms. The summed E-state index contributed by atoms with van der Waals surface area (Å²) in [7, 11) is 0. The van der Waals surface area contributed by atoms with Crippen molar-refractivity contribution in [1.82, 2.24) is 15.1 Å². The van der Waals surface area contributed by atoms with Crippen molar-refractivity contribution in [2.45, 2.75) is 50.4 Å². The molecule has 2 aromatic carbocycles. The number of carbonyl (C=O) groups is 4. The zero-order valence-corrected chi connectivity index (χ0v) is 20.9. The van der Waals surface area contributed by atoms with Crippen molar-refractivity contribution in [3.63, 3.8) is 0 Å². The number of imide groups is 2. The third-order valence-electron chi connectivity index (χ3n) is 7.68. The van der Waals surface area contributed by atoms with E-state index in [2.05, 4.69) is 15.1 Å². The number of fused-ring (bicyclic) bond motifs is 3. The van der Waals surface area contributed by atoms with Crippen LogP contribution < -0.4 is 10.2 Å². The van der Waals surface area contributed by atoms with E-state index in [0.29, 0.717) is 39.8 Å². The van der Waals surface area contributed by atoms with Crippen molar-refractivity contribution < 1.29 is 19.2 Å². The van der Waals surface area contributed by atoms with Gasteiger partial charge in [-0.15, -0.1) is 0 Å². The molecular weight excluding hydrogens is 503 g/mol. The van der Waals surface area contributed by atoms with E-state index in [1.54, 1.807) is 18.2 Å². The molecule has 0 radical (unpaired) electrons. The number of amides is 4. The molecule has 3 saturated heterocycles. The van der Waals surface area contributed by atoms with Gasteiger partial charge in [-0.2, -0.15) is 0 Å². The molecule has 6 rings (SSSR count). The van der Waals surface area contributed by atoms with Gasteiger partial charge in [-0.25, -0.2) is 0 Å². The van der Waals surface area contributed by atoms with Crippen LogP contribution in [0, 0.1) is 0 Å². The van der Waals surface area contributed by atoms with Gasteiger partial charge >= 0.3 is 0 Å². The normalized spacial score (nSPS) is 26.0. The lowest BCUT2D eigenvalue weighted by Crippen LogP contribution is -2.54. The largest absolute Gasteiger partial charge is 0.362 e. The second kappa shape index (κ2) is 8.87. The van der Waals surface area contributed by atoms with Crippen molar-refractivity contribution in [1.29, 1.82) is 0 Å². The summed E-state index contributed by atoms with van der Waals surface area (Å²) in [6.07, 6.45) is 2.39. The van der Waals surface area contributed by atoms with Crippen molar-refractivity contribution in [2.24, 2.45) is 0 Å². The fourth-order valence-electron chi connectivity index (χ4n) is 6.08. The molecule has 0 aliphatic carbocycles. The van der Waals surface area contributed by atoms with Gasteiger partial charge in [-0.05, 0) is 49.1 Å². The number of anilines is 1. The van der Waals surface area contributed by atoms with Crippen LogP contribution in [0.15, 0.2) is 36.4 Å². The summed E-state index contributed by atoms with van der Waals surface area (Å²) in [5.41, 5.74) is 2.53. The first-order valence-electron chi connectivity index (χ1n) is 12.1. The van der Waals surface area contributed by atoms with Gasteiger partial charge in [-0.3, -0.25) is 34.3 Å². The minimum absolute atomic E-state index is 0.101. The number of benzene rings is 2. The molecule has 186 valence electrons. The Hall–Kier alpha value is -2.94. The van der Waals surface area contributed by atoms with Gasteiger partial charge < -0.3 is 4.90 Å². The molecule has 3 fully saturated rings. The Morgan fingerprint density at radius 2 is 1.61 bits per heavy atom. The average Bonchev–Trinajstić information content (AvgIpc) is 3.25. The number of piperidine rings is 1. The van der Waals surface area contributed by atoms with E-state index in [-0.39, 0.29) is 18.7 Å². The van der Waals surface area contributed by atoms with Gasteiger partial charge in [0.05, 0.1) is 26.9 Å². The highest BCUT2D eigenvalue weighted by molar-refractivity contribution is 6.43. The quantitative estimate of drug-likeness (QED) is 0.615. The molecule has 1 N–H and O–H groups in total. The molecular formula is C26H24Cl2N4O4. The van der Waals surface area contributed by atoms with Crippen LogP contribution in [0.2, 0.25) is 10.0 Å². The Bertz CT molecular complexity index is 1300. The van der Waals surface area contributed by atoms with Crippen LogP contribution in [0.25, 0.3) is 0 Å². The first-order valence-corrected chi connectivity index (χ1v) is 12.9. The zero-order chi connectivity index (χ0) is 25.1. The van der Waals surface area contributed by atoms with Gasteiger partial charge in [0.1, 0.15) is 6.04 Å². The molecule has 2 aromatic rings. The number of piperazine rings is 1. The van der Waals surface area contributed by atoms with E-state index in [9.17, 15) is 19.2 Å². The maximum atomic E-state index is 13.1. The number of carbonyl (C=O) groups excluding carboxylic acids is 4. The summed E-state index contributed by atoms with van der Waals surface area (Å²) in [5, 5.41) is 3.37. The summed E-state index contributed by atoms with van der Waals surface area (Å²) in [4.78, 5) is 55.7. The number of likely N-dealkylation sites (tertiary alicyclic amines) is 1. The lowest BCUT2D eigenvalue weighted by Gasteiger charge is -2.43. The summed E-state index contributed by atoms with van der Waals surface area (Å²) in [6, 6.07) is 10.7. The first kappa shape index (κ1) is 23.5. The Morgan fingerprint density at radius 1 is 0.889 bits per heavy atom. The third-order valence-corrected chi connectivity index (χ3v) is 8.49. The van der Waals surface area contributed by atoms with E-state index in [4.69, 9.17) is 23.2 Å². The maximum Gasteiger partial charge on any atom is 0.262 e. The molecule has 0 spiro atoms. The van der Waals surface area contributed by atoms with E-state index >= 15 is 0 Å². The number of nitrogens with one attached hydrogen (secondary N) is 1. The Kier molecular flexibility index (Phi) is 5.78. The van der Waals surface area contributed by atoms with Crippen LogP contribution in [0.1, 0.15) is 52.0 Å². The average molecular weight is 527 g/mol. The molecule has 4 aliphatic rings. The van der Waals surface area contributed by atoms with E-state index in [0.717, 1.165) is 42.1 Å². The van der Waals surface area contributed by atoms with E-state index in [1.165, 1.54) is 0 Å². The van der Waals surface area contributed by atoms with E-state index < -0.39 is 23.8 Å². The summed E-state index contributed by atoms with van der Waals surface area (Å²) in [6.45, 7) is 2.36. The SMILES string of the molecule is O=C1CCC(N2C(=O)c3ccc(CN4CC5CCC(C4)N5c4cccc(Cl)c4Cl)cc3C2=O)C(=O)N1. The van der Waals surface area contributed by atoms with Gasteiger partial charge in [0.25, 0.3) is 11.8 Å². The number of nitrogens with zero attached hydrogens (tertiary/aromatic N) is 3. The van der Waals surface area contributed by atoms with Crippen LogP contribution in [0.5, 0.6) is 0 Å². The maximum absolute atomic E-state index is 13.1. The summed E-state index contributed by atoms with van der Waals surface area (Å²) < 4.78 is 0. The van der Waals surface area contributed by atoms with E-state index in [1.807, 2.05) is 18.2 Å². The lowest BCUT2D eigenvalue weighted by atomic mass is 10.0. The molecule has 0 saturated carbocycles. The molecule has 0 aromatic heterocycles. The first-order chi connectivity index (χ1) is 17.3. The Labute approximate surface area is 218 Å². The zero-order valence-electron chi connectivity index (χ0n) is 19.4. The minimum Gasteiger partial charge on any atom is -0.362 e. The van der Waals surface area contributed by atoms with Crippen molar-refractivity contribution >= 4 is 52.5 Å². The monoisotopic (exact) mass is 526 g/mol. The topological polar surface area (TPSA) is 90.0 Å². The summed E-state index contributed by atoms with van der Waals surface area (Å²) in [5.74, 6) is -1.95. The molecule has 8 nitrogen and oxygen atoms in total. The van der Waals surface area contributed by atoms with Crippen LogP contribution in [-0.4, -0.2) is 64.6 Å². The van der Waals surface area contributed by atoms with Gasteiger partial charge in [0.2, 0.25) is 11.8 Å². The van der Waals surface area contributed by atoms with Gasteiger partial charge in [-0.1, -0.05) is 35.3 Å². The second-order valence-corrected chi connectivity index (χ2v) is 10.7. The summed E-state index contributed by atoms with van der Waals surface area (Å²) >= 11 is 12.8. The number of hydrogen-bond donors (Lipinski definition) is 1. The molecule has 3 unspecified atom stereocenters. The lowest BCUT2D eigenvalue weighted by molar-refractivity contribution is -0.136. The van der Waals surface area contributed by atoms with Crippen molar-refractivity contribution in [3.8, 4) is 0 Å². The van der Waals surface area contributed by atoms with Crippen LogP contribution >= 0.6 is 23.2 Å². The van der Waals surface area contributed by atoms with Crippen LogP contribution in [-0.2, 0) is 16.1 Å². The highest BCUT2D eigenvalue weighted by atomic mass is 35.5. The molecule has 4 heterocycles. The minimum atomic E-state index is -0.958. The van der Waals surface area contributed by atoms with Gasteiger partial charge in [0.15, 0.2) is 0 Å². The molecule has 10 heteroatoms.